The minimum atomic E-state index is 0.101. The van der Waals surface area contributed by atoms with Crippen molar-refractivity contribution in [3.8, 4) is 0 Å². The minimum Gasteiger partial charge on any atom is -0.355 e. The van der Waals surface area contributed by atoms with Gasteiger partial charge in [0.2, 0.25) is 5.91 Å². The maximum absolute atomic E-state index is 11.8. The summed E-state index contributed by atoms with van der Waals surface area (Å²) in [5.41, 5.74) is 1.04. The van der Waals surface area contributed by atoms with Crippen molar-refractivity contribution in [3.05, 3.63) is 34.3 Å². The molecule has 1 aromatic carbocycles. The second-order valence-electron chi connectivity index (χ2n) is 4.43. The van der Waals surface area contributed by atoms with E-state index in [9.17, 15) is 4.79 Å². The van der Waals surface area contributed by atoms with Gasteiger partial charge in [0.15, 0.2) is 0 Å². The first-order chi connectivity index (χ1) is 8.25. The predicted octanol–water partition coefficient (Wildman–Crippen LogP) is 1.72. The number of carbonyl (C=O) groups is 1. The van der Waals surface area contributed by atoms with Gasteiger partial charge in [-0.1, -0.05) is 34.1 Å². The molecule has 0 radical (unpaired) electrons. The predicted molar refractivity (Wildman–Crippen MR) is 71.8 cm³/mol. The molecule has 1 aromatic rings. The lowest BCUT2D eigenvalue weighted by molar-refractivity contribution is -0.120. The maximum Gasteiger partial charge on any atom is 0.224 e. The van der Waals surface area contributed by atoms with E-state index in [-0.39, 0.29) is 5.91 Å². The van der Waals surface area contributed by atoms with E-state index >= 15 is 0 Å². The second-order valence-corrected chi connectivity index (χ2v) is 5.29. The largest absolute Gasteiger partial charge is 0.355 e. The molecule has 0 aliphatic carbocycles. The molecule has 1 amide bonds. The highest BCUT2D eigenvalue weighted by Crippen LogP contribution is 2.16. The first-order valence-corrected chi connectivity index (χ1v) is 6.76. The van der Waals surface area contributed by atoms with Crippen LogP contribution in [0.2, 0.25) is 0 Å². The quantitative estimate of drug-likeness (QED) is 0.888. The van der Waals surface area contributed by atoms with Gasteiger partial charge in [-0.2, -0.15) is 0 Å². The van der Waals surface area contributed by atoms with Crippen molar-refractivity contribution in [2.24, 2.45) is 5.92 Å². The maximum atomic E-state index is 11.8. The monoisotopic (exact) mass is 296 g/mol. The molecule has 1 fully saturated rings. The fourth-order valence-electron chi connectivity index (χ4n) is 2.02. The van der Waals surface area contributed by atoms with Gasteiger partial charge in [-0.05, 0) is 37.1 Å². The van der Waals surface area contributed by atoms with Crippen LogP contribution in [0.25, 0.3) is 0 Å². The molecular formula is C13H17BrN2O. The van der Waals surface area contributed by atoms with Gasteiger partial charge < -0.3 is 10.6 Å². The molecule has 0 aromatic heterocycles. The summed E-state index contributed by atoms with van der Waals surface area (Å²) in [6.07, 6.45) is 1.61. The molecule has 92 valence electrons. The summed E-state index contributed by atoms with van der Waals surface area (Å²) in [5, 5.41) is 6.30. The number of hydrogen-bond acceptors (Lipinski definition) is 2. The molecular weight excluding hydrogens is 280 g/mol. The van der Waals surface area contributed by atoms with E-state index in [1.54, 1.807) is 0 Å². The topological polar surface area (TPSA) is 41.1 Å². The number of nitrogens with one attached hydrogen (secondary N) is 2. The third-order valence-corrected chi connectivity index (χ3v) is 3.83. The van der Waals surface area contributed by atoms with Gasteiger partial charge in [-0.25, -0.2) is 0 Å². The number of halogens is 1. The molecule has 1 aliphatic rings. The Morgan fingerprint density at radius 2 is 2.29 bits per heavy atom. The average molecular weight is 297 g/mol. The highest BCUT2D eigenvalue weighted by Gasteiger charge is 2.15. The van der Waals surface area contributed by atoms with Crippen LogP contribution in [0.1, 0.15) is 12.0 Å². The third-order valence-electron chi connectivity index (χ3n) is 3.06. The van der Waals surface area contributed by atoms with Crippen molar-refractivity contribution in [1.82, 2.24) is 10.6 Å². The number of carbonyl (C=O) groups excluding carboxylic acids is 1. The zero-order valence-electron chi connectivity index (χ0n) is 9.71. The number of hydrogen-bond donors (Lipinski definition) is 2. The Hall–Kier alpha value is -0.870. The van der Waals surface area contributed by atoms with E-state index in [0.717, 1.165) is 36.1 Å². The van der Waals surface area contributed by atoms with Crippen LogP contribution in [0, 0.1) is 5.92 Å². The zero-order valence-corrected chi connectivity index (χ0v) is 11.3. The number of benzene rings is 1. The van der Waals surface area contributed by atoms with Gasteiger partial charge in [0.25, 0.3) is 0 Å². The molecule has 4 heteroatoms. The van der Waals surface area contributed by atoms with Crippen molar-refractivity contribution in [2.45, 2.75) is 12.8 Å². The Balaban J connectivity index is 1.79. The second kappa shape index (κ2) is 6.17. The fraction of sp³-hybridized carbons (Fsp3) is 0.462. The van der Waals surface area contributed by atoms with E-state index in [1.807, 2.05) is 24.3 Å². The number of amides is 1. The molecule has 2 rings (SSSR count). The molecule has 3 nitrogen and oxygen atoms in total. The van der Waals surface area contributed by atoms with Gasteiger partial charge in [-0.3, -0.25) is 4.79 Å². The van der Waals surface area contributed by atoms with Crippen LogP contribution < -0.4 is 10.6 Å². The van der Waals surface area contributed by atoms with E-state index in [1.165, 1.54) is 0 Å². The standard InChI is InChI=1S/C13H17BrN2O/c14-12-4-2-1-3-11(12)7-13(17)16-9-10-5-6-15-8-10/h1-4,10,15H,5-9H2,(H,16,17). The molecule has 1 atom stereocenters. The molecule has 17 heavy (non-hydrogen) atoms. The summed E-state index contributed by atoms with van der Waals surface area (Å²) in [7, 11) is 0. The molecule has 1 heterocycles. The lowest BCUT2D eigenvalue weighted by atomic mass is 10.1. The average Bonchev–Trinajstić information content (AvgIpc) is 2.82. The molecule has 0 spiro atoms. The Morgan fingerprint density at radius 3 is 3.00 bits per heavy atom. The molecule has 0 saturated carbocycles. The van der Waals surface area contributed by atoms with Gasteiger partial charge in [0.1, 0.15) is 0 Å². The molecule has 2 N–H and O–H groups in total. The molecule has 0 bridgehead atoms. The smallest absolute Gasteiger partial charge is 0.224 e. The normalized spacial score (nSPS) is 19.2. The van der Waals surface area contributed by atoms with Crippen LogP contribution in [-0.2, 0) is 11.2 Å². The minimum absolute atomic E-state index is 0.101. The van der Waals surface area contributed by atoms with Crippen molar-refractivity contribution in [2.75, 3.05) is 19.6 Å². The van der Waals surface area contributed by atoms with Crippen molar-refractivity contribution in [3.63, 3.8) is 0 Å². The Morgan fingerprint density at radius 1 is 1.47 bits per heavy atom. The van der Waals surface area contributed by atoms with Crippen molar-refractivity contribution < 1.29 is 4.79 Å². The SMILES string of the molecule is O=C(Cc1ccccc1Br)NCC1CCNC1. The van der Waals surface area contributed by atoms with Crippen LogP contribution in [0.15, 0.2) is 28.7 Å². The Kier molecular flexibility index (Phi) is 4.57. The van der Waals surface area contributed by atoms with Gasteiger partial charge in [0.05, 0.1) is 6.42 Å². The summed E-state index contributed by atoms with van der Waals surface area (Å²) in [4.78, 5) is 11.8. The van der Waals surface area contributed by atoms with Crippen LogP contribution in [0.4, 0.5) is 0 Å². The lowest BCUT2D eigenvalue weighted by Crippen LogP contribution is -2.31. The zero-order chi connectivity index (χ0) is 12.1. The van der Waals surface area contributed by atoms with Gasteiger partial charge in [0, 0.05) is 11.0 Å². The van der Waals surface area contributed by atoms with Gasteiger partial charge >= 0.3 is 0 Å². The van der Waals surface area contributed by atoms with E-state index < -0.39 is 0 Å². The summed E-state index contributed by atoms with van der Waals surface area (Å²) in [5.74, 6) is 0.696. The summed E-state index contributed by atoms with van der Waals surface area (Å²) in [6.45, 7) is 2.89. The highest BCUT2D eigenvalue weighted by atomic mass is 79.9. The summed E-state index contributed by atoms with van der Waals surface area (Å²) in [6, 6.07) is 7.84. The molecule has 1 aliphatic heterocycles. The fourth-order valence-corrected chi connectivity index (χ4v) is 2.45. The van der Waals surface area contributed by atoms with E-state index in [2.05, 4.69) is 26.6 Å². The van der Waals surface area contributed by atoms with Crippen LogP contribution in [-0.4, -0.2) is 25.5 Å². The van der Waals surface area contributed by atoms with Gasteiger partial charge in [-0.15, -0.1) is 0 Å². The van der Waals surface area contributed by atoms with Crippen LogP contribution >= 0.6 is 15.9 Å². The van der Waals surface area contributed by atoms with Crippen molar-refractivity contribution in [1.29, 1.82) is 0 Å². The molecule has 1 unspecified atom stereocenters. The third kappa shape index (κ3) is 3.82. The van der Waals surface area contributed by atoms with E-state index in [4.69, 9.17) is 0 Å². The lowest BCUT2D eigenvalue weighted by Gasteiger charge is -2.10. The number of rotatable bonds is 4. The van der Waals surface area contributed by atoms with E-state index in [0.29, 0.717) is 12.3 Å². The van der Waals surface area contributed by atoms with Crippen molar-refractivity contribution >= 4 is 21.8 Å². The summed E-state index contributed by atoms with van der Waals surface area (Å²) < 4.78 is 0.998. The summed E-state index contributed by atoms with van der Waals surface area (Å²) >= 11 is 3.45. The first kappa shape index (κ1) is 12.6. The Labute approximate surface area is 110 Å². The van der Waals surface area contributed by atoms with Crippen LogP contribution in [0.3, 0.4) is 0 Å². The first-order valence-electron chi connectivity index (χ1n) is 5.96. The Bertz CT molecular complexity index is 389. The highest BCUT2D eigenvalue weighted by molar-refractivity contribution is 9.10. The van der Waals surface area contributed by atoms with Crippen LogP contribution in [0.5, 0.6) is 0 Å². The molecule has 1 saturated heterocycles.